The van der Waals surface area contributed by atoms with E-state index in [1.165, 1.54) is 49.6 Å². The number of carbonyl (C=O) groups excluding carboxylic acids is 3. The molecule has 5 aliphatic rings. The molecule has 5 aliphatic heterocycles. The summed E-state index contributed by atoms with van der Waals surface area (Å²) in [5.41, 5.74) is 6.91. The van der Waals surface area contributed by atoms with E-state index in [0.717, 1.165) is 22.8 Å². The second-order valence-electron chi connectivity index (χ2n) is 22.8. The summed E-state index contributed by atoms with van der Waals surface area (Å²) in [6, 6.07) is 32.0. The highest BCUT2D eigenvalue weighted by Crippen LogP contribution is 2.41. The standard InChI is InChI=1S/C64H68N6O17S/c1-37(2)67-61(75)41-16-19-51(84-64-60(74)59(73)58(72)57(36-71)85-64)56(26-41)87-88(78,79)86-46-17-14-38(15-18-46)35-70(3,20-22-82-54-29-49-47(27-52(54)80-4)62(76)68-33-42-12-8-6-10-39(42)24-44(68)31-65-49)21-23-83-55-30-50-48(28-53(55)81-5)63(77)69-34-43-13-9-7-11-40(43)25-45(69)32-66-50/h6-19,26-32,37,44-45,57-60,64,71-74H,20-25,33-36H2,1-5H3/p+1/t44-,45-,57+,58-,59-,60+,64?/m0/s1. The zero-order valence-electron chi connectivity index (χ0n) is 49.1. The number of carbonyl (C=O) groups is 3. The molecule has 88 heavy (non-hydrogen) atoms. The third kappa shape index (κ3) is 13.1. The van der Waals surface area contributed by atoms with Crippen molar-refractivity contribution in [1.82, 2.24) is 15.1 Å². The van der Waals surface area contributed by atoms with E-state index in [1.54, 1.807) is 50.2 Å². The number of hydrogen-bond donors (Lipinski definition) is 5. The Morgan fingerprint density at radius 1 is 0.670 bits per heavy atom. The van der Waals surface area contributed by atoms with Gasteiger partial charge in [0, 0.05) is 54.8 Å². The first-order valence-electron chi connectivity index (χ1n) is 28.8. The van der Waals surface area contributed by atoms with E-state index >= 15 is 0 Å². The largest absolute Gasteiger partial charge is 0.501 e. The van der Waals surface area contributed by atoms with Crippen LogP contribution in [0.4, 0.5) is 11.4 Å². The van der Waals surface area contributed by atoms with E-state index in [0.29, 0.717) is 91.1 Å². The lowest BCUT2D eigenvalue weighted by molar-refractivity contribution is -0.922. The minimum Gasteiger partial charge on any atom is -0.493 e. The highest BCUT2D eigenvalue weighted by molar-refractivity contribution is 7.82. The smallest absolute Gasteiger partial charge is 0.493 e. The van der Waals surface area contributed by atoms with Gasteiger partial charge in [-0.25, -0.2) is 0 Å². The second kappa shape index (κ2) is 25.6. The molecule has 1 unspecified atom stereocenters. The van der Waals surface area contributed by atoms with Crippen LogP contribution in [0.2, 0.25) is 0 Å². The summed E-state index contributed by atoms with van der Waals surface area (Å²) in [7, 11) is 0.00498. The number of aliphatic hydroxyl groups is 4. The van der Waals surface area contributed by atoms with Crippen LogP contribution >= 0.6 is 0 Å². The summed E-state index contributed by atoms with van der Waals surface area (Å²) in [5.74, 6) is -0.519. The van der Waals surface area contributed by atoms with Gasteiger partial charge in [-0.15, -0.1) is 8.42 Å². The molecule has 1 saturated heterocycles. The first-order valence-corrected chi connectivity index (χ1v) is 30.1. The van der Waals surface area contributed by atoms with Crippen molar-refractivity contribution in [2.75, 3.05) is 54.2 Å². The lowest BCUT2D eigenvalue weighted by Crippen LogP contribution is -2.60. The number of fused-ring (bicyclic) bond motifs is 6. The molecule has 462 valence electrons. The predicted octanol–water partition coefficient (Wildman–Crippen LogP) is 5.39. The number of ether oxygens (including phenoxy) is 6. The van der Waals surface area contributed by atoms with Crippen LogP contribution < -0.4 is 37.4 Å². The maximum absolute atomic E-state index is 14.2. The molecule has 0 saturated carbocycles. The zero-order valence-corrected chi connectivity index (χ0v) is 49.9. The number of aliphatic imine (C=N–C) groups is 2. The van der Waals surface area contributed by atoms with Crippen molar-refractivity contribution in [3.8, 4) is 40.2 Å². The number of nitrogens with zero attached hydrogens (tertiary/aromatic N) is 5. The molecule has 23 nitrogen and oxygen atoms in total. The van der Waals surface area contributed by atoms with E-state index in [1.807, 2.05) is 65.7 Å². The number of rotatable bonds is 21. The maximum atomic E-state index is 14.2. The van der Waals surface area contributed by atoms with Crippen LogP contribution in [0.15, 0.2) is 125 Å². The molecule has 0 aliphatic carbocycles. The highest BCUT2D eigenvalue weighted by atomic mass is 32.3. The number of likely N-dealkylation sites (N-methyl/N-ethyl adjacent to an activating group) is 1. The quantitative estimate of drug-likeness (QED) is 0.0565. The van der Waals surface area contributed by atoms with E-state index < -0.39 is 59.4 Å². The predicted molar refractivity (Wildman–Crippen MR) is 321 cm³/mol. The van der Waals surface area contributed by atoms with Crippen LogP contribution in [-0.2, 0) is 47.6 Å². The summed E-state index contributed by atoms with van der Waals surface area (Å²) < 4.78 is 74.5. The Morgan fingerprint density at radius 3 is 1.72 bits per heavy atom. The SMILES string of the molecule is COc1cc2c(cc1OCC[N+](C)(CCOc1cc3c(cc1OC)C(=O)N1Cc4ccccc4C[C@H]1C=N3)Cc1ccc(OS(=O)(=O)Oc3cc(C(=O)NC(C)C)ccc3OC3O[C@H](CO)[C@H](O)[C@H](O)[C@H]3O)cc1)N=C[C@@H]1Cc3ccccc3CN1C2=O. The Balaban J connectivity index is 0.822. The van der Waals surface area contributed by atoms with Crippen LogP contribution in [-0.4, -0.2) is 176 Å². The number of nitrogens with one attached hydrogen (secondary N) is 1. The first-order chi connectivity index (χ1) is 42.3. The summed E-state index contributed by atoms with van der Waals surface area (Å²) in [5, 5.41) is 43.9. The van der Waals surface area contributed by atoms with Crippen LogP contribution in [0.5, 0.6) is 40.2 Å². The summed E-state index contributed by atoms with van der Waals surface area (Å²) >= 11 is 0. The molecular formula is C64H69N6O17S+. The van der Waals surface area contributed by atoms with Crippen molar-refractivity contribution < 1.29 is 84.5 Å². The Bertz CT molecular complexity index is 3640. The van der Waals surface area contributed by atoms with Crippen molar-refractivity contribution in [3.63, 3.8) is 0 Å². The fraction of sp³-hybridized carbons (Fsp3) is 0.359. The third-order valence-corrected chi connectivity index (χ3v) is 17.0. The Morgan fingerprint density at radius 2 is 1.20 bits per heavy atom. The third-order valence-electron chi connectivity index (χ3n) is 16.3. The van der Waals surface area contributed by atoms with Crippen LogP contribution in [0.1, 0.15) is 72.7 Å². The fourth-order valence-corrected chi connectivity index (χ4v) is 12.2. The molecule has 0 radical (unpaired) electrons. The minimum absolute atomic E-state index is 0.0304. The number of quaternary nitrogens is 1. The highest BCUT2D eigenvalue weighted by Gasteiger charge is 2.45. The van der Waals surface area contributed by atoms with Crippen molar-refractivity contribution in [2.45, 2.75) is 95.2 Å². The van der Waals surface area contributed by atoms with Crippen LogP contribution in [0.25, 0.3) is 0 Å². The monoisotopic (exact) mass is 1230 g/mol. The molecule has 6 aromatic rings. The van der Waals surface area contributed by atoms with Crippen molar-refractivity contribution in [3.05, 3.63) is 160 Å². The van der Waals surface area contributed by atoms with Gasteiger partial charge in [0.2, 0.25) is 6.29 Å². The van der Waals surface area contributed by atoms with Gasteiger partial charge < -0.3 is 76.8 Å². The number of benzene rings is 6. The van der Waals surface area contributed by atoms with E-state index in [-0.39, 0.29) is 64.7 Å². The number of aliphatic hydroxyl groups excluding tert-OH is 4. The van der Waals surface area contributed by atoms with Crippen LogP contribution in [0, 0.1) is 0 Å². The molecule has 5 heterocycles. The molecule has 0 spiro atoms. The second-order valence-corrected chi connectivity index (χ2v) is 23.9. The maximum Gasteiger partial charge on any atom is 0.501 e. The lowest BCUT2D eigenvalue weighted by atomic mass is 9.94. The van der Waals surface area contributed by atoms with Crippen LogP contribution in [0.3, 0.4) is 0 Å². The topological polar surface area (TPSA) is 283 Å². The van der Waals surface area contributed by atoms with Gasteiger partial charge >= 0.3 is 10.4 Å². The van der Waals surface area contributed by atoms with Gasteiger partial charge in [0.05, 0.1) is 62.5 Å². The Labute approximate surface area is 508 Å². The normalized spacial score (nSPS) is 21.1. The van der Waals surface area contributed by atoms with E-state index in [4.69, 9.17) is 46.8 Å². The fourth-order valence-electron chi connectivity index (χ4n) is 11.5. The minimum atomic E-state index is -5.02. The molecule has 3 amide bonds. The lowest BCUT2D eigenvalue weighted by Gasteiger charge is -2.39. The van der Waals surface area contributed by atoms with E-state index in [2.05, 4.69) is 17.4 Å². The van der Waals surface area contributed by atoms with Crippen molar-refractivity contribution in [1.29, 1.82) is 0 Å². The number of amides is 3. The van der Waals surface area contributed by atoms with Crippen molar-refractivity contribution >= 4 is 51.9 Å². The molecule has 7 atom stereocenters. The Kier molecular flexibility index (Phi) is 17.8. The molecule has 0 aromatic heterocycles. The molecule has 5 N–H and O–H groups in total. The van der Waals surface area contributed by atoms with Gasteiger partial charge in [-0.2, -0.15) is 0 Å². The molecule has 11 rings (SSSR count). The first kappa shape index (κ1) is 61.0. The number of hydrogen-bond acceptors (Lipinski definition) is 19. The van der Waals surface area contributed by atoms with Gasteiger partial charge in [0.1, 0.15) is 63.0 Å². The van der Waals surface area contributed by atoms with Gasteiger partial charge in [-0.3, -0.25) is 24.4 Å². The summed E-state index contributed by atoms with van der Waals surface area (Å²) in [6.45, 7) is 5.00. The summed E-state index contributed by atoms with van der Waals surface area (Å²) in [6.07, 6.45) is -3.55. The zero-order chi connectivity index (χ0) is 62.0. The molecule has 0 bridgehead atoms. The van der Waals surface area contributed by atoms with Gasteiger partial charge in [0.15, 0.2) is 34.5 Å². The molecular weight excluding hydrogens is 1160 g/mol. The average Bonchev–Trinajstić information content (AvgIpc) is 3.66. The molecule has 1 fully saturated rings. The number of methoxy groups -OCH3 is 2. The average molecular weight is 1230 g/mol. The van der Waals surface area contributed by atoms with Gasteiger partial charge in [0.25, 0.3) is 17.7 Å². The Hall–Kier alpha value is -8.62. The van der Waals surface area contributed by atoms with Crippen molar-refractivity contribution in [2.24, 2.45) is 9.98 Å². The van der Waals surface area contributed by atoms with Gasteiger partial charge in [-0.1, -0.05) is 48.5 Å². The molecule has 24 heteroatoms. The molecule has 6 aromatic carbocycles. The summed E-state index contributed by atoms with van der Waals surface area (Å²) in [4.78, 5) is 54.7. The van der Waals surface area contributed by atoms with Gasteiger partial charge in [-0.05, 0) is 104 Å². The van der Waals surface area contributed by atoms with E-state index in [9.17, 15) is 43.2 Å².